The second-order valence-electron chi connectivity index (χ2n) is 6.86. The number of carbonyl (C=O) groups is 1. The Morgan fingerprint density at radius 3 is 2.66 bits per heavy atom. The normalized spacial score (nSPS) is 10.7. The van der Waals surface area contributed by atoms with Crippen LogP contribution in [0.25, 0.3) is 0 Å². The molecule has 0 aliphatic heterocycles. The van der Waals surface area contributed by atoms with E-state index in [0.717, 1.165) is 17.3 Å². The van der Waals surface area contributed by atoms with Crippen molar-refractivity contribution in [3.8, 4) is 5.40 Å². The van der Waals surface area contributed by atoms with Crippen LogP contribution in [0.5, 0.6) is 0 Å². The zero-order chi connectivity index (χ0) is 21.4. The molecule has 0 radical (unpaired) electrons. The number of alkyl carbamates (subject to hydrolysis) is 1. The van der Waals surface area contributed by atoms with Crippen molar-refractivity contribution in [2.24, 2.45) is 0 Å². The van der Waals surface area contributed by atoms with Crippen LogP contribution in [0, 0.1) is 20.8 Å². The number of nitriles is 1. The van der Waals surface area contributed by atoms with E-state index in [1.54, 1.807) is 26.2 Å². The molecule has 0 aliphatic carbocycles. The lowest BCUT2D eigenvalue weighted by molar-refractivity contribution is -0.388. The number of carbonyl (C=O) groups excluding carboxylic acids is 1. The lowest BCUT2D eigenvalue weighted by atomic mass is 10.1. The molecule has 11 heteroatoms. The van der Waals surface area contributed by atoms with Crippen LogP contribution < -0.4 is 10.6 Å². The lowest BCUT2D eigenvalue weighted by Crippen LogP contribution is -2.32. The van der Waals surface area contributed by atoms with Gasteiger partial charge in [0.1, 0.15) is 17.2 Å². The van der Waals surface area contributed by atoms with Gasteiger partial charge in [-0.1, -0.05) is 24.3 Å². The van der Waals surface area contributed by atoms with Crippen molar-refractivity contribution < 1.29 is 14.5 Å². The fraction of sp³-hybridized carbons (Fsp3) is 0.333. The van der Waals surface area contributed by atoms with Gasteiger partial charge in [-0.3, -0.25) is 10.1 Å². The van der Waals surface area contributed by atoms with Gasteiger partial charge in [0.2, 0.25) is 5.95 Å². The van der Waals surface area contributed by atoms with Gasteiger partial charge in [0.05, 0.1) is 4.92 Å². The SMILES string of the molecule is CC(C)(C)OC(=O)NCc1cccc(CNc2ncc([N+](=O)[O-])c(SC#N)n2)c1. The van der Waals surface area contributed by atoms with Crippen molar-refractivity contribution >= 4 is 29.5 Å². The Balaban J connectivity index is 1.99. The molecule has 0 atom stereocenters. The van der Waals surface area contributed by atoms with Crippen molar-refractivity contribution in [1.82, 2.24) is 15.3 Å². The minimum Gasteiger partial charge on any atom is -0.444 e. The summed E-state index contributed by atoms with van der Waals surface area (Å²) in [6.07, 6.45) is 0.568. The number of hydrogen-bond donors (Lipinski definition) is 2. The molecule has 1 aromatic carbocycles. The molecular formula is C18H20N6O4S. The van der Waals surface area contributed by atoms with E-state index in [2.05, 4.69) is 20.6 Å². The highest BCUT2D eigenvalue weighted by molar-refractivity contribution is 8.03. The molecule has 2 N–H and O–H groups in total. The van der Waals surface area contributed by atoms with Gasteiger partial charge in [-0.25, -0.2) is 9.78 Å². The third-order valence-electron chi connectivity index (χ3n) is 3.35. The predicted molar refractivity (Wildman–Crippen MR) is 107 cm³/mol. The number of benzene rings is 1. The first-order chi connectivity index (χ1) is 13.7. The van der Waals surface area contributed by atoms with Gasteiger partial charge in [0.15, 0.2) is 5.03 Å². The van der Waals surface area contributed by atoms with Crippen LogP contribution >= 0.6 is 11.8 Å². The van der Waals surface area contributed by atoms with Crippen molar-refractivity contribution in [1.29, 1.82) is 5.26 Å². The Morgan fingerprint density at radius 1 is 1.34 bits per heavy atom. The van der Waals surface area contributed by atoms with E-state index in [9.17, 15) is 14.9 Å². The Kier molecular flexibility index (Phi) is 7.33. The largest absolute Gasteiger partial charge is 0.444 e. The summed E-state index contributed by atoms with van der Waals surface area (Å²) >= 11 is 0.602. The van der Waals surface area contributed by atoms with Crippen LogP contribution in [-0.4, -0.2) is 26.6 Å². The van der Waals surface area contributed by atoms with E-state index in [1.165, 1.54) is 0 Å². The smallest absolute Gasteiger partial charge is 0.407 e. The minimum absolute atomic E-state index is 0.0229. The summed E-state index contributed by atoms with van der Waals surface area (Å²) in [5, 5.41) is 27.1. The lowest BCUT2D eigenvalue weighted by Gasteiger charge is -2.19. The Bertz CT molecular complexity index is 939. The number of nitro groups is 1. The molecule has 0 spiro atoms. The first-order valence-corrected chi connectivity index (χ1v) is 9.35. The van der Waals surface area contributed by atoms with Gasteiger partial charge in [0, 0.05) is 24.9 Å². The van der Waals surface area contributed by atoms with Gasteiger partial charge in [-0.2, -0.15) is 10.2 Å². The number of amides is 1. The zero-order valence-corrected chi connectivity index (χ0v) is 16.9. The van der Waals surface area contributed by atoms with E-state index >= 15 is 0 Å². The number of nitrogens with zero attached hydrogens (tertiary/aromatic N) is 4. The summed E-state index contributed by atoms with van der Waals surface area (Å²) < 4.78 is 5.20. The maximum absolute atomic E-state index is 11.8. The summed E-state index contributed by atoms with van der Waals surface area (Å²) in [5.41, 5.74) is 0.881. The summed E-state index contributed by atoms with van der Waals surface area (Å²) in [5.74, 6) is 0.172. The number of ether oxygens (including phenoxy) is 1. The fourth-order valence-electron chi connectivity index (χ4n) is 2.21. The summed E-state index contributed by atoms with van der Waals surface area (Å²) in [4.78, 5) is 30.0. The van der Waals surface area contributed by atoms with Crippen LogP contribution in [-0.2, 0) is 17.8 Å². The number of thiocyanates is 1. The van der Waals surface area contributed by atoms with Crippen molar-refractivity contribution in [2.45, 2.75) is 44.5 Å². The summed E-state index contributed by atoms with van der Waals surface area (Å²) in [6.45, 7) is 6.04. The van der Waals surface area contributed by atoms with Crippen LogP contribution in [0.1, 0.15) is 31.9 Å². The van der Waals surface area contributed by atoms with E-state index in [-0.39, 0.29) is 16.7 Å². The highest BCUT2D eigenvalue weighted by Gasteiger charge is 2.18. The average Bonchev–Trinajstić information content (AvgIpc) is 2.64. The molecule has 0 fully saturated rings. The average molecular weight is 416 g/mol. The standard InChI is InChI=1S/C18H20N6O4S/c1-18(2,3)28-17(25)22-9-13-6-4-5-12(7-13)8-20-16-21-10-14(24(26)27)15(23-16)29-11-19/h4-7,10H,8-9H2,1-3H3,(H,22,25)(H,20,21,23). The van der Waals surface area contributed by atoms with Gasteiger partial charge in [-0.05, 0) is 31.9 Å². The number of thioether (sulfide) groups is 1. The van der Waals surface area contributed by atoms with Crippen molar-refractivity contribution in [3.05, 3.63) is 51.7 Å². The molecule has 1 heterocycles. The molecule has 0 aliphatic rings. The first-order valence-electron chi connectivity index (χ1n) is 8.54. The monoisotopic (exact) mass is 416 g/mol. The van der Waals surface area contributed by atoms with Crippen LogP contribution in [0.2, 0.25) is 0 Å². The molecule has 10 nitrogen and oxygen atoms in total. The maximum Gasteiger partial charge on any atom is 0.407 e. The molecule has 152 valence electrons. The molecule has 2 aromatic rings. The fourth-order valence-corrected chi connectivity index (χ4v) is 2.66. The van der Waals surface area contributed by atoms with E-state index < -0.39 is 16.6 Å². The molecule has 2 rings (SSSR count). The third kappa shape index (κ3) is 7.27. The number of aromatic nitrogens is 2. The van der Waals surface area contributed by atoms with Crippen LogP contribution in [0.15, 0.2) is 35.5 Å². The molecule has 29 heavy (non-hydrogen) atoms. The van der Waals surface area contributed by atoms with E-state index in [0.29, 0.717) is 24.9 Å². The molecule has 0 saturated heterocycles. The molecule has 1 aromatic heterocycles. The topological polar surface area (TPSA) is 143 Å². The quantitative estimate of drug-likeness (QED) is 0.227. The molecule has 0 bridgehead atoms. The number of hydrogen-bond acceptors (Lipinski definition) is 9. The second kappa shape index (κ2) is 9.70. The van der Waals surface area contributed by atoms with Gasteiger partial charge in [0.25, 0.3) is 0 Å². The Hall–Kier alpha value is -3.39. The van der Waals surface area contributed by atoms with Crippen molar-refractivity contribution in [3.63, 3.8) is 0 Å². The minimum atomic E-state index is -0.634. The summed E-state index contributed by atoms with van der Waals surface area (Å²) in [6, 6.07) is 7.47. The highest BCUT2D eigenvalue weighted by Crippen LogP contribution is 2.26. The van der Waals surface area contributed by atoms with E-state index in [4.69, 9.17) is 10.00 Å². The van der Waals surface area contributed by atoms with E-state index in [1.807, 2.05) is 24.3 Å². The van der Waals surface area contributed by atoms with Gasteiger partial charge in [-0.15, -0.1) is 0 Å². The molecule has 1 amide bonds. The van der Waals surface area contributed by atoms with Gasteiger partial charge < -0.3 is 15.4 Å². The third-order valence-corrected chi connectivity index (χ3v) is 3.94. The Morgan fingerprint density at radius 2 is 2.03 bits per heavy atom. The highest BCUT2D eigenvalue weighted by atomic mass is 32.2. The molecular weight excluding hydrogens is 396 g/mol. The zero-order valence-electron chi connectivity index (χ0n) is 16.1. The van der Waals surface area contributed by atoms with Crippen LogP contribution in [0.4, 0.5) is 16.4 Å². The number of nitrogens with one attached hydrogen (secondary N) is 2. The van der Waals surface area contributed by atoms with Crippen LogP contribution in [0.3, 0.4) is 0 Å². The van der Waals surface area contributed by atoms with Gasteiger partial charge >= 0.3 is 11.8 Å². The predicted octanol–water partition coefficient (Wildman–Crippen LogP) is 3.59. The summed E-state index contributed by atoms with van der Waals surface area (Å²) in [7, 11) is 0. The molecule has 0 saturated carbocycles. The van der Waals surface area contributed by atoms with Crippen molar-refractivity contribution in [2.75, 3.05) is 5.32 Å². The Labute approximate surface area is 171 Å². The second-order valence-corrected chi connectivity index (χ2v) is 7.64. The number of anilines is 1. The maximum atomic E-state index is 11.8. The number of rotatable bonds is 7. The first kappa shape index (κ1) is 21.9. The molecule has 0 unspecified atom stereocenters.